The first-order valence-electron chi connectivity index (χ1n) is 10.1. The van der Waals surface area contributed by atoms with Gasteiger partial charge in [0, 0.05) is 49.4 Å². The predicted molar refractivity (Wildman–Crippen MR) is 112 cm³/mol. The van der Waals surface area contributed by atoms with Crippen LogP contribution in [0.15, 0.2) is 36.5 Å². The van der Waals surface area contributed by atoms with Crippen molar-refractivity contribution in [2.45, 2.75) is 37.9 Å². The molecule has 5 rings (SSSR count). The van der Waals surface area contributed by atoms with E-state index in [4.69, 9.17) is 0 Å². The van der Waals surface area contributed by atoms with Crippen molar-refractivity contribution in [3.8, 4) is 10.6 Å². The molecule has 0 bridgehead atoms. The lowest BCUT2D eigenvalue weighted by Crippen LogP contribution is -2.48. The SMILES string of the molecule is FC1CCN(C2CCN(c3nnc(-c4cccc5cccnc45)s3)CC2)CC1. The molecule has 0 aliphatic carbocycles. The summed E-state index contributed by atoms with van der Waals surface area (Å²) in [4.78, 5) is 9.37. The molecule has 28 heavy (non-hydrogen) atoms. The van der Waals surface area contributed by atoms with Gasteiger partial charge in [-0.2, -0.15) is 0 Å². The molecule has 0 amide bonds. The van der Waals surface area contributed by atoms with Crippen LogP contribution in [0.5, 0.6) is 0 Å². The topological polar surface area (TPSA) is 45.2 Å². The van der Waals surface area contributed by atoms with Crippen LogP contribution in [0, 0.1) is 0 Å². The largest absolute Gasteiger partial charge is 0.347 e. The maximum atomic E-state index is 13.4. The number of anilines is 1. The molecule has 2 aromatic heterocycles. The molecule has 3 aromatic rings. The van der Waals surface area contributed by atoms with Gasteiger partial charge in [-0.3, -0.25) is 4.98 Å². The van der Waals surface area contributed by atoms with Crippen molar-refractivity contribution in [3.63, 3.8) is 0 Å². The van der Waals surface area contributed by atoms with Crippen LogP contribution < -0.4 is 4.90 Å². The van der Waals surface area contributed by atoms with Crippen LogP contribution in [-0.2, 0) is 0 Å². The van der Waals surface area contributed by atoms with Gasteiger partial charge in [0.1, 0.15) is 6.17 Å². The Morgan fingerprint density at radius 2 is 1.71 bits per heavy atom. The Bertz CT molecular complexity index is 939. The van der Waals surface area contributed by atoms with E-state index in [1.807, 2.05) is 18.3 Å². The summed E-state index contributed by atoms with van der Waals surface area (Å²) in [6.07, 6.45) is 4.84. The summed E-state index contributed by atoms with van der Waals surface area (Å²) < 4.78 is 13.4. The van der Waals surface area contributed by atoms with Crippen LogP contribution in [0.3, 0.4) is 0 Å². The van der Waals surface area contributed by atoms with Gasteiger partial charge >= 0.3 is 0 Å². The number of benzene rings is 1. The maximum absolute atomic E-state index is 13.4. The summed E-state index contributed by atoms with van der Waals surface area (Å²) in [6, 6.07) is 10.8. The number of pyridine rings is 1. The molecule has 146 valence electrons. The number of likely N-dealkylation sites (tertiary alicyclic amines) is 1. The second-order valence-electron chi connectivity index (χ2n) is 7.70. The number of hydrogen-bond donors (Lipinski definition) is 0. The van der Waals surface area contributed by atoms with Gasteiger partial charge in [0.15, 0.2) is 5.01 Å². The summed E-state index contributed by atoms with van der Waals surface area (Å²) >= 11 is 1.64. The summed E-state index contributed by atoms with van der Waals surface area (Å²) in [5, 5.41) is 12.0. The number of nitrogens with zero attached hydrogens (tertiary/aromatic N) is 5. The molecular weight excluding hydrogens is 373 g/mol. The first-order chi connectivity index (χ1) is 13.8. The Hall–Kier alpha value is -2.12. The zero-order valence-corrected chi connectivity index (χ0v) is 16.6. The molecule has 2 aliphatic heterocycles. The molecule has 0 unspecified atom stereocenters. The fourth-order valence-corrected chi connectivity index (χ4v) is 5.31. The van der Waals surface area contributed by atoms with E-state index >= 15 is 0 Å². The van der Waals surface area contributed by atoms with Crippen molar-refractivity contribution < 1.29 is 4.39 Å². The maximum Gasteiger partial charge on any atom is 0.208 e. The van der Waals surface area contributed by atoms with Crippen molar-refractivity contribution in [2.75, 3.05) is 31.1 Å². The number of aromatic nitrogens is 3. The number of hydrogen-bond acceptors (Lipinski definition) is 6. The Labute approximate surface area is 168 Å². The molecule has 0 saturated carbocycles. The van der Waals surface area contributed by atoms with Crippen LogP contribution >= 0.6 is 11.3 Å². The number of para-hydroxylation sites is 1. The predicted octanol–water partition coefficient (Wildman–Crippen LogP) is 4.16. The summed E-state index contributed by atoms with van der Waals surface area (Å²) in [6.45, 7) is 3.79. The number of piperidine rings is 2. The average molecular weight is 398 g/mol. The second-order valence-corrected chi connectivity index (χ2v) is 8.66. The molecule has 0 spiro atoms. The van der Waals surface area contributed by atoms with Gasteiger partial charge in [0.2, 0.25) is 5.13 Å². The van der Waals surface area contributed by atoms with E-state index in [-0.39, 0.29) is 0 Å². The summed E-state index contributed by atoms with van der Waals surface area (Å²) in [7, 11) is 0. The van der Waals surface area contributed by atoms with Gasteiger partial charge < -0.3 is 9.80 Å². The van der Waals surface area contributed by atoms with E-state index in [9.17, 15) is 4.39 Å². The third-order valence-electron chi connectivity index (χ3n) is 5.99. The molecule has 1 aromatic carbocycles. The summed E-state index contributed by atoms with van der Waals surface area (Å²) in [5.74, 6) is 0. The highest BCUT2D eigenvalue weighted by molar-refractivity contribution is 7.18. The first kappa shape index (κ1) is 17.9. The van der Waals surface area contributed by atoms with Crippen LogP contribution in [0.4, 0.5) is 9.52 Å². The van der Waals surface area contributed by atoms with E-state index in [0.29, 0.717) is 18.9 Å². The Morgan fingerprint density at radius 1 is 0.929 bits per heavy atom. The highest BCUT2D eigenvalue weighted by Gasteiger charge is 2.29. The quantitative estimate of drug-likeness (QED) is 0.664. The zero-order chi connectivity index (χ0) is 18.9. The number of halogens is 1. The van der Waals surface area contributed by atoms with E-state index in [1.165, 1.54) is 0 Å². The van der Waals surface area contributed by atoms with Gasteiger partial charge in [-0.15, -0.1) is 10.2 Å². The van der Waals surface area contributed by atoms with Crippen LogP contribution in [0.25, 0.3) is 21.5 Å². The number of rotatable bonds is 3. The van der Waals surface area contributed by atoms with Gasteiger partial charge in [-0.05, 0) is 37.8 Å². The average Bonchev–Trinajstić information content (AvgIpc) is 3.24. The molecule has 2 aliphatic rings. The summed E-state index contributed by atoms with van der Waals surface area (Å²) in [5.41, 5.74) is 2.02. The van der Waals surface area contributed by atoms with Crippen LogP contribution in [-0.4, -0.2) is 58.5 Å². The molecule has 4 heterocycles. The highest BCUT2D eigenvalue weighted by atomic mass is 32.1. The van der Waals surface area contributed by atoms with Gasteiger partial charge in [-0.1, -0.05) is 29.5 Å². The van der Waals surface area contributed by atoms with E-state index < -0.39 is 6.17 Å². The minimum atomic E-state index is -0.597. The van der Waals surface area contributed by atoms with Crippen molar-refractivity contribution >= 4 is 27.4 Å². The van der Waals surface area contributed by atoms with Crippen LogP contribution in [0.1, 0.15) is 25.7 Å². The standard InChI is InChI=1S/C21H24FN5S/c22-16-6-11-26(12-7-16)17-8-13-27(14-9-17)21-25-24-20(28-21)18-5-1-3-15-4-2-10-23-19(15)18/h1-5,10,16-17H,6-9,11-14H2. The molecule has 0 atom stereocenters. The van der Waals surface area contributed by atoms with E-state index in [0.717, 1.165) is 65.6 Å². The second kappa shape index (κ2) is 7.72. The van der Waals surface area contributed by atoms with Crippen molar-refractivity contribution in [3.05, 3.63) is 36.5 Å². The fraction of sp³-hybridized carbons (Fsp3) is 0.476. The minimum absolute atomic E-state index is 0.582. The Balaban J connectivity index is 1.28. The Morgan fingerprint density at radius 3 is 2.54 bits per heavy atom. The molecule has 2 saturated heterocycles. The number of fused-ring (bicyclic) bond motifs is 1. The van der Waals surface area contributed by atoms with Crippen molar-refractivity contribution in [2.24, 2.45) is 0 Å². The molecule has 0 N–H and O–H groups in total. The molecule has 2 fully saturated rings. The third-order valence-corrected chi connectivity index (χ3v) is 7.01. The zero-order valence-electron chi connectivity index (χ0n) is 15.8. The Kier molecular flexibility index (Phi) is 4.94. The minimum Gasteiger partial charge on any atom is -0.347 e. The lowest BCUT2D eigenvalue weighted by molar-refractivity contribution is 0.0981. The molecule has 7 heteroatoms. The lowest BCUT2D eigenvalue weighted by Gasteiger charge is -2.40. The third kappa shape index (κ3) is 3.49. The van der Waals surface area contributed by atoms with Crippen molar-refractivity contribution in [1.82, 2.24) is 20.1 Å². The van der Waals surface area contributed by atoms with Gasteiger partial charge in [-0.25, -0.2) is 4.39 Å². The van der Waals surface area contributed by atoms with Crippen LogP contribution in [0.2, 0.25) is 0 Å². The van der Waals surface area contributed by atoms with E-state index in [1.54, 1.807) is 11.3 Å². The number of alkyl halides is 1. The molecular formula is C21H24FN5S. The van der Waals surface area contributed by atoms with Crippen molar-refractivity contribution in [1.29, 1.82) is 0 Å². The monoisotopic (exact) mass is 397 g/mol. The van der Waals surface area contributed by atoms with E-state index in [2.05, 4.69) is 43.2 Å². The molecule has 0 radical (unpaired) electrons. The highest BCUT2D eigenvalue weighted by Crippen LogP contribution is 2.34. The first-order valence-corrected chi connectivity index (χ1v) is 10.9. The fourth-order valence-electron chi connectivity index (χ4n) is 4.38. The van der Waals surface area contributed by atoms with Gasteiger partial charge in [0.25, 0.3) is 0 Å². The molecule has 5 nitrogen and oxygen atoms in total. The van der Waals surface area contributed by atoms with Gasteiger partial charge in [0.05, 0.1) is 5.52 Å². The smallest absolute Gasteiger partial charge is 0.208 e. The lowest BCUT2D eigenvalue weighted by atomic mass is 10.00. The normalized spacial score (nSPS) is 20.1.